The minimum atomic E-state index is -4.72. The average Bonchev–Trinajstić information content (AvgIpc) is 3.20. The number of rotatable bonds is 11. The van der Waals surface area contributed by atoms with Crippen molar-refractivity contribution in [2.24, 2.45) is 12.0 Å². The third kappa shape index (κ3) is 7.98. The van der Waals surface area contributed by atoms with Gasteiger partial charge in [-0.1, -0.05) is 18.7 Å². The molecule has 220 valence electrons. The molecule has 0 aliphatic rings. The number of alkyl halides is 3. The minimum absolute atomic E-state index is 0.0972. The second kappa shape index (κ2) is 13.0. The maximum atomic E-state index is 13.6. The number of benzene rings is 2. The summed E-state index contributed by atoms with van der Waals surface area (Å²) < 4.78 is 67.8. The number of allylic oxidation sites excluding steroid dienone is 2. The van der Waals surface area contributed by atoms with Crippen molar-refractivity contribution >= 4 is 45.4 Å². The summed E-state index contributed by atoms with van der Waals surface area (Å²) in [7, 11) is 5.02. The standard InChI is InChI=1S/C28H32F3N5O4S/c1-17(16-35(3)4)32-12-11-18(2)40-24-10-8-9-19-13-23(36(5)25(19)24)27(37)33-21-14-20(28(29,30)31)15-22(26(21)39-6)34-41(7)38/h8-15,34H,1,16H2,2-7H3,(H,33,37)/b18-11+,32-12?. The molecule has 2 aromatic carbocycles. The van der Waals surface area contributed by atoms with Crippen molar-refractivity contribution in [1.29, 1.82) is 0 Å². The van der Waals surface area contributed by atoms with Gasteiger partial charge in [-0.25, -0.2) is 4.21 Å². The molecule has 3 aromatic rings. The second-order valence-corrected chi connectivity index (χ2v) is 10.5. The Morgan fingerprint density at radius 3 is 2.51 bits per heavy atom. The topological polar surface area (TPSA) is 97.2 Å². The number of nitrogens with zero attached hydrogens (tertiary/aromatic N) is 3. The van der Waals surface area contributed by atoms with E-state index in [1.807, 2.05) is 19.0 Å². The molecule has 1 aromatic heterocycles. The van der Waals surface area contributed by atoms with Crippen LogP contribution in [0.3, 0.4) is 0 Å². The third-order valence-electron chi connectivity index (χ3n) is 5.71. The van der Waals surface area contributed by atoms with Crippen LogP contribution < -0.4 is 19.5 Å². The Morgan fingerprint density at radius 2 is 1.90 bits per heavy atom. The molecule has 2 N–H and O–H groups in total. The molecule has 0 fully saturated rings. The molecule has 0 aliphatic heterocycles. The summed E-state index contributed by atoms with van der Waals surface area (Å²) >= 11 is 0. The number of para-hydroxylation sites is 1. The number of ether oxygens (including phenoxy) is 2. The van der Waals surface area contributed by atoms with E-state index in [2.05, 4.69) is 21.6 Å². The molecule has 9 nitrogen and oxygen atoms in total. The summed E-state index contributed by atoms with van der Waals surface area (Å²) in [5.74, 6) is 0.217. The number of aromatic nitrogens is 1. The van der Waals surface area contributed by atoms with Gasteiger partial charge in [0.25, 0.3) is 5.91 Å². The summed E-state index contributed by atoms with van der Waals surface area (Å²) in [4.78, 5) is 19.6. The first kappa shape index (κ1) is 31.4. The van der Waals surface area contributed by atoms with Crippen LogP contribution in [0.4, 0.5) is 24.5 Å². The Labute approximate surface area is 238 Å². The molecule has 1 amide bonds. The van der Waals surface area contributed by atoms with Crippen molar-refractivity contribution in [3.05, 3.63) is 71.8 Å². The summed E-state index contributed by atoms with van der Waals surface area (Å²) in [6.45, 7) is 6.26. The zero-order valence-electron chi connectivity index (χ0n) is 23.5. The quantitative estimate of drug-likeness (QED) is 0.224. The molecule has 1 atom stereocenters. The Balaban J connectivity index is 1.95. The molecule has 0 radical (unpaired) electrons. The van der Waals surface area contributed by atoms with Crippen LogP contribution in [-0.2, 0) is 24.2 Å². The molecular formula is C28H32F3N5O4S. The predicted octanol–water partition coefficient (Wildman–Crippen LogP) is 5.59. The Bertz CT molecular complexity index is 1540. The number of fused-ring (bicyclic) bond motifs is 1. The summed E-state index contributed by atoms with van der Waals surface area (Å²) in [5.41, 5.74) is -0.0301. The van der Waals surface area contributed by atoms with Gasteiger partial charge < -0.3 is 29.0 Å². The lowest BCUT2D eigenvalue weighted by molar-refractivity contribution is -0.137. The van der Waals surface area contributed by atoms with Gasteiger partial charge in [0.2, 0.25) is 0 Å². The second-order valence-electron chi connectivity index (χ2n) is 9.36. The Kier molecular flexibility index (Phi) is 10.00. The molecule has 3 rings (SSSR count). The van der Waals surface area contributed by atoms with Gasteiger partial charge in [0, 0.05) is 37.1 Å². The van der Waals surface area contributed by atoms with Gasteiger partial charge in [0.05, 0.1) is 29.6 Å². The molecule has 0 aliphatic carbocycles. The van der Waals surface area contributed by atoms with Crippen LogP contribution >= 0.6 is 0 Å². The highest BCUT2D eigenvalue weighted by atomic mass is 32.2. The number of nitrogens with one attached hydrogen (secondary N) is 2. The molecule has 13 heteroatoms. The highest BCUT2D eigenvalue weighted by molar-refractivity contribution is 7.85. The number of hydrogen-bond donors (Lipinski definition) is 2. The van der Waals surface area contributed by atoms with Crippen molar-refractivity contribution < 1.29 is 31.6 Å². The fourth-order valence-electron chi connectivity index (χ4n) is 4.06. The zero-order chi connectivity index (χ0) is 30.5. The molecule has 0 spiro atoms. The average molecular weight is 592 g/mol. The lowest BCUT2D eigenvalue weighted by Crippen LogP contribution is -2.18. The van der Waals surface area contributed by atoms with E-state index in [0.717, 1.165) is 12.1 Å². The normalized spacial score (nSPS) is 13.1. The van der Waals surface area contributed by atoms with E-state index in [-0.39, 0.29) is 22.8 Å². The van der Waals surface area contributed by atoms with Gasteiger partial charge in [-0.05, 0) is 51.4 Å². The van der Waals surface area contributed by atoms with E-state index in [9.17, 15) is 22.2 Å². The fraction of sp³-hybridized carbons (Fsp3) is 0.286. The lowest BCUT2D eigenvalue weighted by atomic mass is 10.1. The maximum absolute atomic E-state index is 13.6. The first-order valence-electron chi connectivity index (χ1n) is 12.2. The summed E-state index contributed by atoms with van der Waals surface area (Å²) in [6, 6.07) is 8.42. The first-order valence-corrected chi connectivity index (χ1v) is 13.8. The molecule has 0 bridgehead atoms. The maximum Gasteiger partial charge on any atom is 0.416 e. The molecule has 0 saturated carbocycles. The van der Waals surface area contributed by atoms with Crippen LogP contribution in [0, 0.1) is 0 Å². The Hall–Kier alpha value is -4.10. The fourth-order valence-corrected chi connectivity index (χ4v) is 4.52. The number of anilines is 2. The number of amides is 1. The van der Waals surface area contributed by atoms with E-state index in [1.165, 1.54) is 13.4 Å². The lowest BCUT2D eigenvalue weighted by Gasteiger charge is -2.18. The predicted molar refractivity (Wildman–Crippen MR) is 157 cm³/mol. The molecule has 0 saturated heterocycles. The smallest absolute Gasteiger partial charge is 0.416 e. The van der Waals surface area contributed by atoms with Crippen LogP contribution in [0.2, 0.25) is 0 Å². The van der Waals surface area contributed by atoms with E-state index < -0.39 is 28.6 Å². The van der Waals surface area contributed by atoms with Gasteiger partial charge in [0.15, 0.2) is 11.5 Å². The molecule has 1 heterocycles. The Morgan fingerprint density at radius 1 is 1.22 bits per heavy atom. The van der Waals surface area contributed by atoms with Gasteiger partial charge in [-0.15, -0.1) is 0 Å². The van der Waals surface area contributed by atoms with Gasteiger partial charge in [-0.3, -0.25) is 9.79 Å². The zero-order valence-corrected chi connectivity index (χ0v) is 24.4. The molecule has 1 unspecified atom stereocenters. The van der Waals surface area contributed by atoms with Crippen LogP contribution in [0.15, 0.2) is 65.5 Å². The minimum Gasteiger partial charge on any atom is -0.492 e. The van der Waals surface area contributed by atoms with Crippen molar-refractivity contribution in [2.75, 3.05) is 44.0 Å². The number of aliphatic imine (C=N–C) groups is 1. The third-order valence-corrected chi connectivity index (χ3v) is 6.22. The van der Waals surface area contributed by atoms with Crippen LogP contribution in [0.25, 0.3) is 10.9 Å². The molecular weight excluding hydrogens is 559 g/mol. The summed E-state index contributed by atoms with van der Waals surface area (Å²) in [5, 5.41) is 3.19. The number of carbonyl (C=O) groups is 1. The number of carbonyl (C=O) groups excluding carboxylic acids is 1. The van der Waals surface area contributed by atoms with Crippen molar-refractivity contribution in [3.8, 4) is 11.5 Å². The van der Waals surface area contributed by atoms with Crippen molar-refractivity contribution in [1.82, 2.24) is 9.47 Å². The van der Waals surface area contributed by atoms with Crippen molar-refractivity contribution in [3.63, 3.8) is 0 Å². The van der Waals surface area contributed by atoms with E-state index in [1.54, 1.807) is 55.1 Å². The van der Waals surface area contributed by atoms with Crippen LogP contribution in [0.5, 0.6) is 11.5 Å². The first-order chi connectivity index (χ1) is 19.2. The van der Waals surface area contributed by atoms with Crippen LogP contribution in [-0.4, -0.2) is 59.8 Å². The van der Waals surface area contributed by atoms with E-state index in [0.29, 0.717) is 34.7 Å². The van der Waals surface area contributed by atoms with Gasteiger partial charge in [0.1, 0.15) is 22.4 Å². The monoisotopic (exact) mass is 591 g/mol. The largest absolute Gasteiger partial charge is 0.492 e. The number of halogens is 3. The SMILES string of the molecule is C=C(CN(C)C)N=C/C=C(\C)Oc1cccc2cc(C(=O)Nc3cc(C(F)(F)F)cc(NS(C)=O)c3OC)n(C)c12. The van der Waals surface area contributed by atoms with Gasteiger partial charge >= 0.3 is 6.18 Å². The number of aryl methyl sites for hydroxylation is 1. The van der Waals surface area contributed by atoms with Crippen LogP contribution in [0.1, 0.15) is 23.0 Å². The number of methoxy groups -OCH3 is 1. The number of likely N-dealkylation sites (N-methyl/N-ethyl adjacent to an activating group) is 1. The highest BCUT2D eigenvalue weighted by Gasteiger charge is 2.33. The highest BCUT2D eigenvalue weighted by Crippen LogP contribution is 2.41. The number of hydrogen-bond acceptors (Lipinski definition) is 6. The summed E-state index contributed by atoms with van der Waals surface area (Å²) in [6.07, 6.45) is -0.187. The van der Waals surface area contributed by atoms with Gasteiger partial charge in [-0.2, -0.15) is 13.2 Å². The van der Waals surface area contributed by atoms with E-state index >= 15 is 0 Å². The van der Waals surface area contributed by atoms with Crippen molar-refractivity contribution in [2.45, 2.75) is 13.1 Å². The molecule has 41 heavy (non-hydrogen) atoms. The van der Waals surface area contributed by atoms with E-state index in [4.69, 9.17) is 9.47 Å².